The lowest BCUT2D eigenvalue weighted by Gasteiger charge is -2.59. The van der Waals surface area contributed by atoms with E-state index in [0.717, 1.165) is 48.4 Å². The van der Waals surface area contributed by atoms with Gasteiger partial charge in [-0.05, 0) is 49.6 Å². The van der Waals surface area contributed by atoms with Crippen LogP contribution in [0.2, 0.25) is 0 Å². The number of rotatable bonds is 5. The minimum Gasteiger partial charge on any atom is -0.497 e. The molecule has 0 aromatic heterocycles. The molecule has 0 radical (unpaired) electrons. The Balaban J connectivity index is 1.17. The summed E-state index contributed by atoms with van der Waals surface area (Å²) < 4.78 is 5.13. The molecule has 0 atom stereocenters. The first-order valence-electron chi connectivity index (χ1n) is 10.00. The zero-order valence-corrected chi connectivity index (χ0v) is 16.9. The molecule has 1 saturated heterocycles. The average molecular weight is 393 g/mol. The predicted octanol–water partition coefficient (Wildman–Crippen LogP) is 3.11. The normalized spacial score (nSPS) is 17.2. The fourth-order valence-electron chi connectivity index (χ4n) is 4.29. The number of carbonyl (C=O) groups is 2. The molecule has 2 N–H and O–H groups in total. The van der Waals surface area contributed by atoms with Crippen molar-refractivity contribution in [1.29, 1.82) is 0 Å². The average Bonchev–Trinajstić information content (AvgIpc) is 2.67. The van der Waals surface area contributed by atoms with Crippen LogP contribution < -0.4 is 15.4 Å². The van der Waals surface area contributed by atoms with Crippen LogP contribution in [0.15, 0.2) is 48.5 Å². The van der Waals surface area contributed by atoms with Crippen LogP contribution in [0.1, 0.15) is 34.3 Å². The van der Waals surface area contributed by atoms with Crippen LogP contribution in [-0.2, 0) is 6.54 Å². The Morgan fingerprint density at radius 3 is 2.34 bits per heavy atom. The number of aryl methyl sites for hydroxylation is 1. The fraction of sp³-hybridized carbons (Fsp3) is 0.391. The second kappa shape index (κ2) is 7.78. The van der Waals surface area contributed by atoms with E-state index in [9.17, 15) is 9.59 Å². The number of amides is 3. The molecular formula is C23H27N3O3. The van der Waals surface area contributed by atoms with E-state index in [1.807, 2.05) is 60.4 Å². The summed E-state index contributed by atoms with van der Waals surface area (Å²) in [5.41, 5.74) is 3.11. The Kier molecular flexibility index (Phi) is 5.18. The van der Waals surface area contributed by atoms with E-state index in [4.69, 9.17) is 4.74 Å². The fourth-order valence-corrected chi connectivity index (χ4v) is 4.29. The number of likely N-dealkylation sites (tertiary alicyclic amines) is 1. The monoisotopic (exact) mass is 393 g/mol. The van der Waals surface area contributed by atoms with Crippen LogP contribution in [-0.4, -0.2) is 43.1 Å². The van der Waals surface area contributed by atoms with E-state index >= 15 is 0 Å². The Bertz CT molecular complexity index is 879. The molecule has 2 aromatic rings. The van der Waals surface area contributed by atoms with Gasteiger partial charge >= 0.3 is 6.03 Å². The summed E-state index contributed by atoms with van der Waals surface area (Å²) in [4.78, 5) is 26.6. The minimum absolute atomic E-state index is 0.101. The van der Waals surface area contributed by atoms with Crippen LogP contribution in [0.5, 0.6) is 5.75 Å². The number of methoxy groups -OCH3 is 1. The van der Waals surface area contributed by atoms with Crippen LogP contribution in [0.25, 0.3) is 0 Å². The van der Waals surface area contributed by atoms with Crippen LogP contribution in [0.3, 0.4) is 0 Å². The van der Waals surface area contributed by atoms with Crippen LogP contribution >= 0.6 is 0 Å². The second-order valence-corrected chi connectivity index (χ2v) is 8.31. The summed E-state index contributed by atoms with van der Waals surface area (Å²) in [5.74, 6) is 0.901. The van der Waals surface area contributed by atoms with Gasteiger partial charge in [-0.25, -0.2) is 4.79 Å². The maximum absolute atomic E-state index is 12.5. The maximum Gasteiger partial charge on any atom is 0.315 e. The summed E-state index contributed by atoms with van der Waals surface area (Å²) >= 11 is 0. The number of nitrogens with one attached hydrogen (secondary N) is 2. The molecular weight excluding hydrogens is 366 g/mol. The van der Waals surface area contributed by atoms with Gasteiger partial charge in [-0.15, -0.1) is 0 Å². The summed E-state index contributed by atoms with van der Waals surface area (Å²) in [6, 6.07) is 15.4. The highest BCUT2D eigenvalue weighted by molar-refractivity contribution is 5.95. The Hall–Kier alpha value is -3.02. The number of nitrogens with zero attached hydrogens (tertiary/aromatic N) is 1. The van der Waals surface area contributed by atoms with E-state index in [1.54, 1.807) is 7.11 Å². The van der Waals surface area contributed by atoms with Crippen molar-refractivity contribution in [3.05, 3.63) is 65.2 Å². The lowest BCUT2D eigenvalue weighted by molar-refractivity contribution is -0.0585. The topological polar surface area (TPSA) is 70.7 Å². The van der Waals surface area contributed by atoms with Crippen molar-refractivity contribution in [2.24, 2.45) is 5.41 Å². The van der Waals surface area contributed by atoms with Gasteiger partial charge in [-0.3, -0.25) is 4.79 Å². The molecule has 2 aromatic carbocycles. The van der Waals surface area contributed by atoms with Crippen molar-refractivity contribution in [2.75, 3.05) is 20.2 Å². The zero-order valence-electron chi connectivity index (χ0n) is 16.9. The molecule has 6 heteroatoms. The summed E-state index contributed by atoms with van der Waals surface area (Å²) in [7, 11) is 1.63. The van der Waals surface area contributed by atoms with Gasteiger partial charge < -0.3 is 20.3 Å². The molecule has 1 heterocycles. The van der Waals surface area contributed by atoms with Crippen LogP contribution in [0, 0.1) is 12.3 Å². The number of hydrogen-bond donors (Lipinski definition) is 2. The number of carbonyl (C=O) groups excluding carboxylic acids is 2. The van der Waals surface area contributed by atoms with E-state index in [-0.39, 0.29) is 23.4 Å². The number of hydrogen-bond acceptors (Lipinski definition) is 3. The third-order valence-corrected chi connectivity index (χ3v) is 5.94. The standard InChI is InChI=1S/C23H27N3O3/c1-16-3-7-18(8-4-16)21(27)26-14-23(15-26)11-19(12-23)25-22(28)24-13-17-5-9-20(29-2)10-6-17/h3-10,19H,11-15H2,1-2H3,(H2,24,25,28). The van der Waals surface area contributed by atoms with E-state index in [0.29, 0.717) is 6.54 Å². The lowest BCUT2D eigenvalue weighted by Crippen LogP contribution is -2.67. The Morgan fingerprint density at radius 2 is 1.72 bits per heavy atom. The van der Waals surface area contributed by atoms with Gasteiger partial charge in [0.2, 0.25) is 0 Å². The highest BCUT2D eigenvalue weighted by Crippen LogP contribution is 2.48. The van der Waals surface area contributed by atoms with E-state index in [2.05, 4.69) is 10.6 Å². The molecule has 1 aliphatic carbocycles. The predicted molar refractivity (Wildman–Crippen MR) is 111 cm³/mol. The van der Waals surface area contributed by atoms with E-state index in [1.165, 1.54) is 0 Å². The van der Waals surface area contributed by atoms with Gasteiger partial charge in [0.15, 0.2) is 0 Å². The first-order valence-corrected chi connectivity index (χ1v) is 10.00. The third kappa shape index (κ3) is 4.21. The molecule has 1 spiro atoms. The maximum atomic E-state index is 12.5. The molecule has 152 valence electrons. The molecule has 3 amide bonds. The van der Waals surface area contributed by atoms with E-state index < -0.39 is 0 Å². The summed E-state index contributed by atoms with van der Waals surface area (Å²) in [6.45, 7) is 4.06. The van der Waals surface area contributed by atoms with Gasteiger partial charge in [0.1, 0.15) is 5.75 Å². The highest BCUT2D eigenvalue weighted by Gasteiger charge is 2.54. The molecule has 4 rings (SSSR count). The van der Waals surface area contributed by atoms with Crippen LogP contribution in [0.4, 0.5) is 4.79 Å². The van der Waals surface area contributed by atoms with Gasteiger partial charge in [0, 0.05) is 36.7 Å². The summed E-state index contributed by atoms with van der Waals surface area (Å²) in [6.07, 6.45) is 1.86. The van der Waals surface area contributed by atoms with Crippen molar-refractivity contribution in [1.82, 2.24) is 15.5 Å². The van der Waals surface area contributed by atoms with Crippen molar-refractivity contribution in [3.8, 4) is 5.75 Å². The van der Waals surface area contributed by atoms with Gasteiger partial charge in [0.25, 0.3) is 5.91 Å². The smallest absolute Gasteiger partial charge is 0.315 e. The molecule has 29 heavy (non-hydrogen) atoms. The molecule has 2 aliphatic rings. The molecule has 1 saturated carbocycles. The molecule has 2 fully saturated rings. The molecule has 1 aliphatic heterocycles. The molecule has 6 nitrogen and oxygen atoms in total. The zero-order chi connectivity index (χ0) is 20.4. The molecule has 0 bridgehead atoms. The third-order valence-electron chi connectivity index (χ3n) is 5.94. The van der Waals surface area contributed by atoms with Crippen molar-refractivity contribution >= 4 is 11.9 Å². The van der Waals surface area contributed by atoms with Gasteiger partial charge in [-0.1, -0.05) is 29.8 Å². The van der Waals surface area contributed by atoms with Crippen molar-refractivity contribution in [3.63, 3.8) is 0 Å². The minimum atomic E-state index is -0.146. The Labute approximate surface area is 171 Å². The summed E-state index contributed by atoms with van der Waals surface area (Å²) in [5, 5.41) is 5.93. The quantitative estimate of drug-likeness (QED) is 0.820. The number of benzene rings is 2. The molecule has 0 unspecified atom stereocenters. The Morgan fingerprint density at radius 1 is 1.07 bits per heavy atom. The van der Waals surface area contributed by atoms with Gasteiger partial charge in [0.05, 0.1) is 7.11 Å². The number of urea groups is 1. The number of ether oxygens (including phenoxy) is 1. The largest absolute Gasteiger partial charge is 0.497 e. The van der Waals surface area contributed by atoms with Gasteiger partial charge in [-0.2, -0.15) is 0 Å². The van der Waals surface area contributed by atoms with Crippen molar-refractivity contribution in [2.45, 2.75) is 32.4 Å². The second-order valence-electron chi connectivity index (χ2n) is 8.31. The highest BCUT2D eigenvalue weighted by atomic mass is 16.5. The SMILES string of the molecule is COc1ccc(CNC(=O)NC2CC3(C2)CN(C(=O)c2ccc(C)cc2)C3)cc1. The first-order chi connectivity index (χ1) is 14.0. The first kappa shape index (κ1) is 19.3. The lowest BCUT2D eigenvalue weighted by atomic mass is 9.60. The van der Waals surface area contributed by atoms with Crippen molar-refractivity contribution < 1.29 is 14.3 Å².